The van der Waals surface area contributed by atoms with E-state index < -0.39 is 17.3 Å². The molecule has 0 spiro atoms. The van der Waals surface area contributed by atoms with Crippen molar-refractivity contribution in [3.8, 4) is 0 Å². The summed E-state index contributed by atoms with van der Waals surface area (Å²) < 4.78 is 13.2. The highest BCUT2D eigenvalue weighted by molar-refractivity contribution is 5.80. The normalized spacial score (nSPS) is 26.3. The molecule has 17 heavy (non-hydrogen) atoms. The standard InChI is InChI=1S/C13H16FNO2/c1-8-6-11(8)15-13(2,12(16)17)9-4-3-5-10(14)7-9/h3-5,7-8,11,15H,6H2,1-2H3,(H,16,17). The summed E-state index contributed by atoms with van der Waals surface area (Å²) in [4.78, 5) is 11.4. The van der Waals surface area contributed by atoms with Crippen LogP contribution in [0.15, 0.2) is 24.3 Å². The van der Waals surface area contributed by atoms with Crippen LogP contribution in [-0.4, -0.2) is 17.1 Å². The van der Waals surface area contributed by atoms with Gasteiger partial charge < -0.3 is 5.11 Å². The van der Waals surface area contributed by atoms with Gasteiger partial charge in [0, 0.05) is 6.04 Å². The molecule has 3 atom stereocenters. The fraction of sp³-hybridized carbons (Fsp3) is 0.462. The number of aliphatic carboxylic acids is 1. The van der Waals surface area contributed by atoms with Crippen molar-refractivity contribution in [1.82, 2.24) is 5.32 Å². The minimum absolute atomic E-state index is 0.208. The number of halogens is 1. The van der Waals surface area contributed by atoms with E-state index in [1.54, 1.807) is 13.0 Å². The molecule has 92 valence electrons. The molecule has 0 saturated heterocycles. The van der Waals surface area contributed by atoms with Crippen LogP contribution in [0.2, 0.25) is 0 Å². The van der Waals surface area contributed by atoms with E-state index >= 15 is 0 Å². The second-order valence-electron chi connectivity index (χ2n) is 4.90. The van der Waals surface area contributed by atoms with Gasteiger partial charge in [0.05, 0.1) is 0 Å². The number of hydrogen-bond donors (Lipinski definition) is 2. The van der Waals surface area contributed by atoms with Gasteiger partial charge in [0.25, 0.3) is 0 Å². The Morgan fingerprint density at radius 2 is 2.24 bits per heavy atom. The fourth-order valence-corrected chi connectivity index (χ4v) is 1.96. The van der Waals surface area contributed by atoms with E-state index in [-0.39, 0.29) is 6.04 Å². The Kier molecular flexibility index (Phi) is 2.91. The van der Waals surface area contributed by atoms with Crippen LogP contribution in [-0.2, 0) is 10.3 Å². The lowest BCUT2D eigenvalue weighted by Crippen LogP contribution is -2.48. The monoisotopic (exact) mass is 237 g/mol. The molecule has 4 heteroatoms. The molecule has 2 rings (SSSR count). The number of benzene rings is 1. The van der Waals surface area contributed by atoms with Crippen molar-refractivity contribution < 1.29 is 14.3 Å². The zero-order valence-electron chi connectivity index (χ0n) is 9.90. The first-order valence-corrected chi connectivity index (χ1v) is 5.70. The summed E-state index contributed by atoms with van der Waals surface area (Å²) in [6.07, 6.45) is 0.970. The number of carboxylic acid groups (broad SMARTS) is 1. The number of rotatable bonds is 4. The van der Waals surface area contributed by atoms with Crippen LogP contribution < -0.4 is 5.32 Å². The average molecular weight is 237 g/mol. The van der Waals surface area contributed by atoms with Crippen molar-refractivity contribution in [2.24, 2.45) is 5.92 Å². The Balaban J connectivity index is 2.30. The van der Waals surface area contributed by atoms with Crippen molar-refractivity contribution in [3.63, 3.8) is 0 Å². The summed E-state index contributed by atoms with van der Waals surface area (Å²) in [7, 11) is 0. The van der Waals surface area contributed by atoms with Crippen LogP contribution in [0.1, 0.15) is 25.8 Å². The van der Waals surface area contributed by atoms with Crippen LogP contribution in [0.3, 0.4) is 0 Å². The van der Waals surface area contributed by atoms with Crippen LogP contribution >= 0.6 is 0 Å². The Bertz CT molecular complexity index is 449. The molecular weight excluding hydrogens is 221 g/mol. The summed E-state index contributed by atoms with van der Waals surface area (Å²) in [6, 6.07) is 5.96. The topological polar surface area (TPSA) is 49.3 Å². The quantitative estimate of drug-likeness (QED) is 0.843. The molecule has 1 aromatic carbocycles. The van der Waals surface area contributed by atoms with Crippen molar-refractivity contribution in [3.05, 3.63) is 35.6 Å². The zero-order chi connectivity index (χ0) is 12.6. The lowest BCUT2D eigenvalue weighted by atomic mass is 9.91. The Hall–Kier alpha value is -1.42. The van der Waals surface area contributed by atoms with Crippen LogP contribution in [0.5, 0.6) is 0 Å². The molecular formula is C13H16FNO2. The molecule has 0 aromatic heterocycles. The van der Waals surface area contributed by atoms with Gasteiger partial charge in [-0.25, -0.2) is 9.18 Å². The Labute approximate surface area is 99.7 Å². The van der Waals surface area contributed by atoms with E-state index in [9.17, 15) is 14.3 Å². The molecule has 3 unspecified atom stereocenters. The van der Waals surface area contributed by atoms with Crippen LogP contribution in [0.4, 0.5) is 4.39 Å². The van der Waals surface area contributed by atoms with E-state index in [0.29, 0.717) is 11.5 Å². The van der Waals surface area contributed by atoms with E-state index in [0.717, 1.165) is 6.42 Å². The summed E-state index contributed by atoms with van der Waals surface area (Å²) in [5.41, 5.74) is -0.776. The van der Waals surface area contributed by atoms with Crippen molar-refractivity contribution >= 4 is 5.97 Å². The molecule has 0 bridgehead atoms. The third-order valence-corrected chi connectivity index (χ3v) is 3.41. The highest BCUT2D eigenvalue weighted by Crippen LogP contribution is 2.34. The van der Waals surface area contributed by atoms with Crippen molar-refractivity contribution in [2.45, 2.75) is 31.8 Å². The number of carboxylic acids is 1. The second kappa shape index (κ2) is 4.11. The van der Waals surface area contributed by atoms with Gasteiger partial charge in [-0.3, -0.25) is 5.32 Å². The molecule has 1 saturated carbocycles. The molecule has 1 aliphatic rings. The summed E-state index contributed by atoms with van der Waals surface area (Å²) in [5.74, 6) is -0.912. The maximum Gasteiger partial charge on any atom is 0.328 e. The predicted molar refractivity (Wildman–Crippen MR) is 62.1 cm³/mol. The van der Waals surface area contributed by atoms with E-state index in [1.807, 2.05) is 0 Å². The maximum atomic E-state index is 13.2. The van der Waals surface area contributed by atoms with Gasteiger partial charge >= 0.3 is 5.97 Å². The van der Waals surface area contributed by atoms with Crippen molar-refractivity contribution in [1.29, 1.82) is 0 Å². The molecule has 1 aliphatic carbocycles. The number of nitrogens with one attached hydrogen (secondary N) is 1. The number of carbonyl (C=O) groups is 1. The minimum Gasteiger partial charge on any atom is -0.480 e. The minimum atomic E-state index is -1.22. The highest BCUT2D eigenvalue weighted by atomic mass is 19.1. The second-order valence-corrected chi connectivity index (χ2v) is 4.90. The van der Waals surface area contributed by atoms with Gasteiger partial charge in [-0.15, -0.1) is 0 Å². The highest BCUT2D eigenvalue weighted by Gasteiger charge is 2.43. The number of hydrogen-bond acceptors (Lipinski definition) is 2. The lowest BCUT2D eigenvalue weighted by molar-refractivity contribution is -0.144. The first kappa shape index (κ1) is 12.0. The average Bonchev–Trinajstić information content (AvgIpc) is 2.93. The molecule has 2 N–H and O–H groups in total. The van der Waals surface area contributed by atoms with E-state index in [4.69, 9.17) is 0 Å². The third kappa shape index (κ3) is 2.31. The molecule has 0 radical (unpaired) electrons. The van der Waals surface area contributed by atoms with Crippen LogP contribution in [0.25, 0.3) is 0 Å². The van der Waals surface area contributed by atoms with Gasteiger partial charge in [-0.1, -0.05) is 19.1 Å². The molecule has 0 aliphatic heterocycles. The Morgan fingerprint density at radius 1 is 1.59 bits per heavy atom. The van der Waals surface area contributed by atoms with Gasteiger partial charge in [0.1, 0.15) is 11.4 Å². The SMILES string of the molecule is CC1CC1NC(C)(C(=O)O)c1cccc(F)c1. The van der Waals surface area contributed by atoms with Gasteiger partial charge in [-0.05, 0) is 37.0 Å². The molecule has 3 nitrogen and oxygen atoms in total. The first-order valence-electron chi connectivity index (χ1n) is 5.70. The summed E-state index contributed by atoms with van der Waals surface area (Å²) >= 11 is 0. The maximum absolute atomic E-state index is 13.2. The first-order chi connectivity index (χ1) is 7.93. The van der Waals surface area contributed by atoms with Gasteiger partial charge in [-0.2, -0.15) is 0 Å². The van der Waals surface area contributed by atoms with Crippen molar-refractivity contribution in [2.75, 3.05) is 0 Å². The summed E-state index contributed by atoms with van der Waals surface area (Å²) in [5, 5.41) is 12.4. The fourth-order valence-electron chi connectivity index (χ4n) is 1.96. The van der Waals surface area contributed by atoms with E-state index in [1.165, 1.54) is 18.2 Å². The largest absolute Gasteiger partial charge is 0.480 e. The molecule has 0 heterocycles. The molecule has 1 aromatic rings. The summed E-state index contributed by atoms with van der Waals surface area (Å²) in [6.45, 7) is 3.64. The van der Waals surface area contributed by atoms with Gasteiger partial charge in [0.15, 0.2) is 0 Å². The molecule has 1 fully saturated rings. The smallest absolute Gasteiger partial charge is 0.328 e. The van der Waals surface area contributed by atoms with E-state index in [2.05, 4.69) is 12.2 Å². The zero-order valence-corrected chi connectivity index (χ0v) is 9.90. The lowest BCUT2D eigenvalue weighted by Gasteiger charge is -2.27. The van der Waals surface area contributed by atoms with Crippen LogP contribution in [0, 0.1) is 11.7 Å². The Morgan fingerprint density at radius 3 is 2.71 bits per heavy atom. The van der Waals surface area contributed by atoms with Gasteiger partial charge in [0.2, 0.25) is 0 Å². The predicted octanol–water partition coefficient (Wildman–Crippen LogP) is 2.12. The third-order valence-electron chi connectivity index (χ3n) is 3.41. The molecule has 0 amide bonds.